The Hall–Kier alpha value is -3.85. The first-order valence-electron chi connectivity index (χ1n) is 13.4. The van der Waals surface area contributed by atoms with Crippen molar-refractivity contribution in [2.24, 2.45) is 5.41 Å². The predicted octanol–water partition coefficient (Wildman–Crippen LogP) is 7.86. The van der Waals surface area contributed by atoms with Crippen LogP contribution < -0.4 is 15.4 Å². The molecule has 0 heterocycles. The molecular formula is C33H27BrCl2N2O5. The van der Waals surface area contributed by atoms with Crippen molar-refractivity contribution in [3.63, 3.8) is 0 Å². The van der Waals surface area contributed by atoms with Gasteiger partial charge in [0.15, 0.2) is 0 Å². The Bertz CT molecular complexity index is 1680. The Morgan fingerprint density at radius 2 is 1.60 bits per heavy atom. The van der Waals surface area contributed by atoms with Crippen molar-refractivity contribution >= 4 is 62.6 Å². The lowest BCUT2D eigenvalue weighted by molar-refractivity contribution is -0.139. The summed E-state index contributed by atoms with van der Waals surface area (Å²) in [5, 5.41) is 15.3. The van der Waals surface area contributed by atoms with Crippen LogP contribution in [-0.2, 0) is 16.0 Å². The van der Waals surface area contributed by atoms with Crippen LogP contribution in [0.2, 0.25) is 0 Å². The van der Waals surface area contributed by atoms with Gasteiger partial charge in [-0.3, -0.25) is 9.59 Å². The molecular weight excluding hydrogens is 655 g/mol. The number of para-hydroxylation sites is 2. The molecule has 3 N–H and O–H groups in total. The number of carboxylic acid groups (broad SMARTS) is 1. The Morgan fingerprint density at radius 1 is 0.953 bits per heavy atom. The lowest BCUT2D eigenvalue weighted by Gasteiger charge is -2.18. The molecule has 1 aliphatic rings. The van der Waals surface area contributed by atoms with Crippen LogP contribution in [0.25, 0.3) is 11.1 Å². The molecule has 0 bridgehead atoms. The van der Waals surface area contributed by atoms with Crippen molar-refractivity contribution in [1.29, 1.82) is 0 Å². The molecule has 0 radical (unpaired) electrons. The van der Waals surface area contributed by atoms with Gasteiger partial charge in [0.25, 0.3) is 5.91 Å². The zero-order chi connectivity index (χ0) is 30.8. The van der Waals surface area contributed by atoms with Crippen molar-refractivity contribution in [2.75, 3.05) is 5.32 Å². The number of aliphatic carboxylic acids is 1. The molecule has 4 aromatic carbocycles. The van der Waals surface area contributed by atoms with Crippen LogP contribution in [0.15, 0.2) is 102 Å². The Morgan fingerprint density at radius 3 is 2.26 bits per heavy atom. The van der Waals surface area contributed by atoms with E-state index in [1.807, 2.05) is 78.9 Å². The first kappa shape index (κ1) is 30.6. The number of carbonyl (C=O) groups is 3. The first-order valence-corrected chi connectivity index (χ1v) is 15.0. The van der Waals surface area contributed by atoms with Gasteiger partial charge in [-0.1, -0.05) is 76.6 Å². The highest BCUT2D eigenvalue weighted by Gasteiger charge is 2.68. The molecule has 5 rings (SSSR count). The monoisotopic (exact) mass is 680 g/mol. The van der Waals surface area contributed by atoms with Gasteiger partial charge in [-0.2, -0.15) is 0 Å². The van der Waals surface area contributed by atoms with Crippen LogP contribution in [0.4, 0.5) is 5.69 Å². The number of hydrogen-bond acceptors (Lipinski definition) is 4. The molecule has 0 saturated heterocycles. The summed E-state index contributed by atoms with van der Waals surface area (Å²) in [6, 6.07) is 28.0. The minimum absolute atomic E-state index is 0.0400. The maximum Gasteiger partial charge on any atom is 0.326 e. The minimum atomic E-state index is -1.23. The molecule has 0 aromatic heterocycles. The molecule has 7 nitrogen and oxygen atoms in total. The van der Waals surface area contributed by atoms with E-state index in [4.69, 9.17) is 27.9 Å². The number of anilines is 1. The molecule has 1 aliphatic carbocycles. The van der Waals surface area contributed by atoms with E-state index in [-0.39, 0.29) is 24.1 Å². The second kappa shape index (κ2) is 12.4. The normalized spacial score (nSPS) is 17.4. The van der Waals surface area contributed by atoms with Crippen molar-refractivity contribution in [2.45, 2.75) is 30.1 Å². The molecule has 10 heteroatoms. The maximum absolute atomic E-state index is 13.3. The summed E-state index contributed by atoms with van der Waals surface area (Å²) >= 11 is 15.6. The summed E-state index contributed by atoms with van der Waals surface area (Å²) in [6.07, 6.45) is 0.316. The van der Waals surface area contributed by atoms with E-state index in [1.165, 1.54) is 6.07 Å². The summed E-state index contributed by atoms with van der Waals surface area (Å²) in [7, 11) is 0. The standard InChI is InChI=1S/C33H27BrCl2N2O5/c1-32(19-33(32,35)36)31(42)38-26-16-15-22(34)18-25(26)29(39)37-27(30(40)41)17-20-11-13-21(14-12-20)24-9-5-6-10-28(24)43-23-7-3-2-4-8-23/h2-16,18,27H,17,19H2,1H3,(H,37,39)(H,38,42)(H,40,41). The van der Waals surface area contributed by atoms with Crippen LogP contribution >= 0.6 is 39.1 Å². The third-order valence-corrected chi connectivity index (χ3v) is 8.99. The molecule has 0 spiro atoms. The lowest BCUT2D eigenvalue weighted by Crippen LogP contribution is -2.42. The molecule has 220 valence electrons. The van der Waals surface area contributed by atoms with E-state index in [9.17, 15) is 19.5 Å². The third kappa shape index (κ3) is 6.88. The van der Waals surface area contributed by atoms with Gasteiger partial charge in [0, 0.05) is 16.5 Å². The van der Waals surface area contributed by atoms with Gasteiger partial charge in [0.05, 0.1) is 16.7 Å². The first-order chi connectivity index (χ1) is 20.5. The molecule has 0 aliphatic heterocycles. The number of ether oxygens (including phenoxy) is 1. The smallest absolute Gasteiger partial charge is 0.326 e. The number of rotatable bonds is 10. The summed E-state index contributed by atoms with van der Waals surface area (Å²) in [4.78, 5) is 38.4. The number of halogens is 3. The number of nitrogens with one attached hydrogen (secondary N) is 2. The van der Waals surface area contributed by atoms with E-state index >= 15 is 0 Å². The van der Waals surface area contributed by atoms with E-state index in [2.05, 4.69) is 26.6 Å². The average Bonchev–Trinajstić information content (AvgIpc) is 3.52. The van der Waals surface area contributed by atoms with Gasteiger partial charge >= 0.3 is 5.97 Å². The van der Waals surface area contributed by atoms with Crippen LogP contribution in [0.5, 0.6) is 11.5 Å². The molecule has 2 atom stereocenters. The SMILES string of the molecule is CC1(C(=O)Nc2ccc(Br)cc2C(=O)NC(Cc2ccc(-c3ccccc3Oc3ccccc3)cc2)C(=O)O)CC1(Cl)Cl. The highest BCUT2D eigenvalue weighted by Crippen LogP contribution is 2.64. The fourth-order valence-corrected chi connectivity index (χ4v) is 5.69. The average molecular weight is 682 g/mol. The van der Waals surface area contributed by atoms with E-state index < -0.39 is 33.6 Å². The zero-order valence-corrected chi connectivity index (χ0v) is 26.0. The fraction of sp³-hybridized carbons (Fsp3) is 0.182. The highest BCUT2D eigenvalue weighted by atomic mass is 79.9. The van der Waals surface area contributed by atoms with Gasteiger partial charge in [0.2, 0.25) is 5.91 Å². The second-order valence-corrected chi connectivity index (χ2v) is 12.9. The van der Waals surface area contributed by atoms with Crippen LogP contribution in [0.1, 0.15) is 29.3 Å². The van der Waals surface area contributed by atoms with Gasteiger partial charge in [-0.05, 0) is 60.9 Å². The molecule has 43 heavy (non-hydrogen) atoms. The number of amides is 2. The van der Waals surface area contributed by atoms with Crippen LogP contribution in [0.3, 0.4) is 0 Å². The summed E-state index contributed by atoms with van der Waals surface area (Å²) in [5.74, 6) is -0.879. The van der Waals surface area contributed by atoms with Crippen LogP contribution in [-0.4, -0.2) is 33.3 Å². The summed E-state index contributed by atoms with van der Waals surface area (Å²) < 4.78 is 5.48. The van der Waals surface area contributed by atoms with E-state index in [0.717, 1.165) is 11.1 Å². The number of benzene rings is 4. The van der Waals surface area contributed by atoms with Gasteiger partial charge in [-0.15, -0.1) is 23.2 Å². The predicted molar refractivity (Wildman–Crippen MR) is 171 cm³/mol. The summed E-state index contributed by atoms with van der Waals surface area (Å²) in [5.41, 5.74) is 1.80. The van der Waals surface area contributed by atoms with Crippen molar-refractivity contribution in [3.05, 3.63) is 113 Å². The largest absolute Gasteiger partial charge is 0.480 e. The highest BCUT2D eigenvalue weighted by molar-refractivity contribution is 9.10. The topological polar surface area (TPSA) is 105 Å². The fourth-order valence-electron chi connectivity index (χ4n) is 4.62. The van der Waals surface area contributed by atoms with Gasteiger partial charge in [0.1, 0.15) is 21.9 Å². The molecule has 1 saturated carbocycles. The zero-order valence-electron chi connectivity index (χ0n) is 22.9. The Labute approximate surface area is 267 Å². The molecule has 4 aromatic rings. The number of carboxylic acids is 1. The molecule has 1 fully saturated rings. The Kier molecular flexibility index (Phi) is 8.83. The quantitative estimate of drug-likeness (QED) is 0.148. The van der Waals surface area contributed by atoms with Crippen molar-refractivity contribution < 1.29 is 24.2 Å². The second-order valence-electron chi connectivity index (χ2n) is 10.5. The van der Waals surface area contributed by atoms with E-state index in [0.29, 0.717) is 21.5 Å². The Balaban J connectivity index is 1.30. The van der Waals surface area contributed by atoms with Crippen molar-refractivity contribution in [1.82, 2.24) is 5.32 Å². The van der Waals surface area contributed by atoms with Crippen molar-refractivity contribution in [3.8, 4) is 22.6 Å². The molecule has 2 amide bonds. The lowest BCUT2D eigenvalue weighted by atomic mass is 9.99. The maximum atomic E-state index is 13.3. The van der Waals surface area contributed by atoms with E-state index in [1.54, 1.807) is 19.1 Å². The third-order valence-electron chi connectivity index (χ3n) is 7.40. The van der Waals surface area contributed by atoms with Crippen LogP contribution in [0, 0.1) is 5.41 Å². The number of alkyl halides is 2. The number of hydrogen-bond donors (Lipinski definition) is 3. The minimum Gasteiger partial charge on any atom is -0.480 e. The number of carbonyl (C=O) groups excluding carboxylic acids is 2. The van der Waals surface area contributed by atoms with Gasteiger partial charge in [-0.25, -0.2) is 4.79 Å². The molecule has 2 unspecified atom stereocenters. The summed E-state index contributed by atoms with van der Waals surface area (Å²) in [6.45, 7) is 1.64. The van der Waals surface area contributed by atoms with Gasteiger partial charge < -0.3 is 20.5 Å².